The monoisotopic (exact) mass is 278 g/mol. The van der Waals surface area contributed by atoms with Crippen molar-refractivity contribution < 1.29 is 9.59 Å². The van der Waals surface area contributed by atoms with Gasteiger partial charge in [0.2, 0.25) is 11.8 Å². The molecular weight excluding hydrogens is 252 g/mol. The minimum absolute atomic E-state index is 0.0319. The van der Waals surface area contributed by atoms with Crippen LogP contribution in [0.3, 0.4) is 0 Å². The molecule has 3 fully saturated rings. The molecule has 20 heavy (non-hydrogen) atoms. The van der Waals surface area contributed by atoms with Crippen molar-refractivity contribution >= 4 is 11.8 Å². The van der Waals surface area contributed by atoms with Crippen molar-refractivity contribution in [1.82, 2.24) is 10.2 Å². The Morgan fingerprint density at radius 3 is 2.45 bits per heavy atom. The van der Waals surface area contributed by atoms with Crippen molar-refractivity contribution in [2.75, 3.05) is 6.54 Å². The molecule has 4 heteroatoms. The molecule has 1 heterocycles. The molecule has 0 bridgehead atoms. The number of nitrogens with zero attached hydrogens (tertiary/aromatic N) is 1. The highest BCUT2D eigenvalue weighted by molar-refractivity contribution is 5.97. The highest BCUT2D eigenvalue weighted by Gasteiger charge is 2.47. The lowest BCUT2D eigenvalue weighted by Crippen LogP contribution is -2.65. The first-order chi connectivity index (χ1) is 9.50. The van der Waals surface area contributed by atoms with Gasteiger partial charge in [0, 0.05) is 6.54 Å². The molecule has 0 aromatic rings. The van der Waals surface area contributed by atoms with Gasteiger partial charge < -0.3 is 10.2 Å². The highest BCUT2D eigenvalue weighted by atomic mass is 16.2. The smallest absolute Gasteiger partial charge is 0.246 e. The molecule has 2 aliphatic carbocycles. The van der Waals surface area contributed by atoms with Gasteiger partial charge in [-0.15, -0.1) is 0 Å². The molecule has 2 saturated carbocycles. The van der Waals surface area contributed by atoms with Crippen molar-refractivity contribution in [3.8, 4) is 0 Å². The maximum atomic E-state index is 12.8. The van der Waals surface area contributed by atoms with Crippen molar-refractivity contribution in [2.45, 2.75) is 70.9 Å². The molecule has 4 nitrogen and oxygen atoms in total. The molecule has 2 atom stereocenters. The maximum Gasteiger partial charge on any atom is 0.246 e. The van der Waals surface area contributed by atoms with Crippen LogP contribution in [0.5, 0.6) is 0 Å². The third kappa shape index (κ3) is 2.57. The van der Waals surface area contributed by atoms with E-state index in [2.05, 4.69) is 12.2 Å². The van der Waals surface area contributed by atoms with Crippen LogP contribution in [0.4, 0.5) is 0 Å². The quantitative estimate of drug-likeness (QED) is 0.859. The van der Waals surface area contributed by atoms with Crippen LogP contribution < -0.4 is 5.32 Å². The van der Waals surface area contributed by atoms with E-state index in [9.17, 15) is 9.59 Å². The fraction of sp³-hybridized carbons (Fsp3) is 0.875. The summed E-state index contributed by atoms with van der Waals surface area (Å²) in [5.41, 5.74) is 0.263. The van der Waals surface area contributed by atoms with E-state index in [1.807, 2.05) is 11.8 Å². The lowest BCUT2D eigenvalue weighted by Gasteiger charge is -2.42. The van der Waals surface area contributed by atoms with Crippen LogP contribution in [0.15, 0.2) is 0 Å². The van der Waals surface area contributed by atoms with E-state index >= 15 is 0 Å². The number of carbonyl (C=O) groups is 2. The third-order valence-corrected chi connectivity index (χ3v) is 5.47. The summed E-state index contributed by atoms with van der Waals surface area (Å²) in [6.45, 7) is 4.83. The van der Waals surface area contributed by atoms with E-state index in [1.54, 1.807) is 0 Å². The zero-order valence-corrected chi connectivity index (χ0v) is 12.7. The zero-order valence-electron chi connectivity index (χ0n) is 12.7. The number of nitrogens with one attached hydrogen (secondary N) is 1. The average Bonchev–Trinajstić information content (AvgIpc) is 3.18. The molecule has 3 rings (SSSR count). The summed E-state index contributed by atoms with van der Waals surface area (Å²) in [7, 11) is 0. The summed E-state index contributed by atoms with van der Waals surface area (Å²) >= 11 is 0. The Morgan fingerprint density at radius 2 is 1.85 bits per heavy atom. The summed E-state index contributed by atoms with van der Waals surface area (Å²) in [6.07, 6.45) is 8.17. The Balaban J connectivity index is 1.74. The van der Waals surface area contributed by atoms with Gasteiger partial charge in [0.15, 0.2) is 0 Å². The van der Waals surface area contributed by atoms with Gasteiger partial charge in [-0.2, -0.15) is 0 Å². The Kier molecular flexibility index (Phi) is 3.51. The van der Waals surface area contributed by atoms with Gasteiger partial charge in [-0.1, -0.05) is 26.2 Å². The van der Waals surface area contributed by atoms with Crippen molar-refractivity contribution in [1.29, 1.82) is 0 Å². The topological polar surface area (TPSA) is 49.4 Å². The van der Waals surface area contributed by atoms with Crippen LogP contribution in [0.1, 0.15) is 58.8 Å². The van der Waals surface area contributed by atoms with Gasteiger partial charge in [-0.05, 0) is 43.9 Å². The van der Waals surface area contributed by atoms with Crippen LogP contribution in [0.25, 0.3) is 0 Å². The number of piperazine rings is 1. The van der Waals surface area contributed by atoms with Crippen LogP contribution in [0, 0.1) is 11.3 Å². The molecule has 0 spiro atoms. The fourth-order valence-corrected chi connectivity index (χ4v) is 3.63. The predicted molar refractivity (Wildman–Crippen MR) is 77.0 cm³/mol. The highest BCUT2D eigenvalue weighted by Crippen LogP contribution is 2.46. The summed E-state index contributed by atoms with van der Waals surface area (Å²) in [6, 6.07) is -0.568. The molecule has 0 aromatic heterocycles. The Morgan fingerprint density at radius 1 is 1.20 bits per heavy atom. The van der Waals surface area contributed by atoms with Gasteiger partial charge >= 0.3 is 0 Å². The first kappa shape index (κ1) is 13.9. The van der Waals surface area contributed by atoms with Crippen molar-refractivity contribution in [3.63, 3.8) is 0 Å². The fourth-order valence-electron chi connectivity index (χ4n) is 3.63. The zero-order chi connectivity index (χ0) is 14.3. The summed E-state index contributed by atoms with van der Waals surface area (Å²) in [5.74, 6) is 0.545. The van der Waals surface area contributed by atoms with Gasteiger partial charge in [0.1, 0.15) is 12.1 Å². The predicted octanol–water partition coefficient (Wildman–Crippen LogP) is 2.08. The Labute approximate surface area is 121 Å². The summed E-state index contributed by atoms with van der Waals surface area (Å²) in [4.78, 5) is 26.9. The van der Waals surface area contributed by atoms with Crippen LogP contribution in [0.2, 0.25) is 0 Å². The molecule has 1 saturated heterocycles. The van der Waals surface area contributed by atoms with Crippen LogP contribution in [-0.2, 0) is 9.59 Å². The minimum Gasteiger partial charge on any atom is -0.342 e. The summed E-state index contributed by atoms with van der Waals surface area (Å²) < 4.78 is 0. The molecule has 112 valence electrons. The normalized spacial score (nSPS) is 34.0. The van der Waals surface area contributed by atoms with Crippen molar-refractivity contribution in [2.24, 2.45) is 11.3 Å². The lowest BCUT2D eigenvalue weighted by molar-refractivity contribution is -0.151. The molecule has 1 N–H and O–H groups in total. The first-order valence-corrected chi connectivity index (χ1v) is 8.11. The van der Waals surface area contributed by atoms with Gasteiger partial charge in [-0.25, -0.2) is 0 Å². The summed E-state index contributed by atoms with van der Waals surface area (Å²) in [5, 5.41) is 2.99. The van der Waals surface area contributed by atoms with E-state index in [1.165, 1.54) is 32.1 Å². The van der Waals surface area contributed by atoms with Crippen LogP contribution in [-0.4, -0.2) is 35.3 Å². The SMILES string of the molecule is CC1C(=O)NC(C2CCCCC2)C(=O)N1CC1(C)CC1. The number of hydrogen-bond donors (Lipinski definition) is 1. The van der Waals surface area contributed by atoms with Gasteiger partial charge in [0.05, 0.1) is 0 Å². The van der Waals surface area contributed by atoms with E-state index < -0.39 is 0 Å². The first-order valence-electron chi connectivity index (χ1n) is 8.11. The lowest BCUT2D eigenvalue weighted by atomic mass is 9.82. The number of carbonyl (C=O) groups excluding carboxylic acids is 2. The molecule has 1 aliphatic heterocycles. The molecular formula is C16H26N2O2. The van der Waals surface area contributed by atoms with Gasteiger partial charge in [0.25, 0.3) is 0 Å². The largest absolute Gasteiger partial charge is 0.342 e. The Hall–Kier alpha value is -1.06. The molecule has 2 amide bonds. The number of hydrogen-bond acceptors (Lipinski definition) is 2. The second-order valence-corrected chi connectivity index (χ2v) is 7.34. The minimum atomic E-state index is -0.306. The second kappa shape index (κ2) is 5.05. The molecule has 2 unspecified atom stereocenters. The maximum absolute atomic E-state index is 12.8. The number of rotatable bonds is 3. The van der Waals surface area contributed by atoms with Gasteiger partial charge in [-0.3, -0.25) is 9.59 Å². The third-order valence-electron chi connectivity index (χ3n) is 5.47. The second-order valence-electron chi connectivity index (χ2n) is 7.34. The van der Waals surface area contributed by atoms with E-state index in [0.717, 1.165) is 19.4 Å². The average molecular weight is 278 g/mol. The molecule has 3 aliphatic rings. The van der Waals surface area contributed by atoms with E-state index in [4.69, 9.17) is 0 Å². The van der Waals surface area contributed by atoms with E-state index in [-0.39, 0.29) is 29.3 Å². The van der Waals surface area contributed by atoms with Crippen LogP contribution >= 0.6 is 0 Å². The Bertz CT molecular complexity index is 411. The standard InChI is InChI=1S/C16H26N2O2/c1-11-14(19)17-13(12-6-4-3-5-7-12)15(20)18(11)10-16(2)8-9-16/h11-13H,3-10H2,1-2H3,(H,17,19). The molecule has 0 aromatic carbocycles. The molecule has 0 radical (unpaired) electrons. The van der Waals surface area contributed by atoms with Crippen molar-refractivity contribution in [3.05, 3.63) is 0 Å². The number of amides is 2. The van der Waals surface area contributed by atoms with E-state index in [0.29, 0.717) is 5.92 Å².